The molecule has 4 rings (SSSR count). The van der Waals surface area contributed by atoms with E-state index in [0.717, 1.165) is 37.6 Å². The Morgan fingerprint density at radius 3 is 2.52 bits per heavy atom. The molecule has 0 atom stereocenters. The van der Waals surface area contributed by atoms with Crippen molar-refractivity contribution < 1.29 is 0 Å². The van der Waals surface area contributed by atoms with Gasteiger partial charge in [0.2, 0.25) is 0 Å². The predicted molar refractivity (Wildman–Crippen MR) is 93.3 cm³/mol. The van der Waals surface area contributed by atoms with Crippen LogP contribution in [0, 0.1) is 13.8 Å². The smallest absolute Gasteiger partial charge is 0.157 e. The van der Waals surface area contributed by atoms with Crippen LogP contribution in [0.3, 0.4) is 0 Å². The molecule has 0 aliphatic carbocycles. The number of rotatable bonds is 2. The van der Waals surface area contributed by atoms with Crippen molar-refractivity contribution in [1.82, 2.24) is 14.6 Å². The Balaban J connectivity index is 1.51. The summed E-state index contributed by atoms with van der Waals surface area (Å²) < 4.78 is 1.80. The average molecular weight is 307 g/mol. The van der Waals surface area contributed by atoms with E-state index in [-0.39, 0.29) is 0 Å². The fourth-order valence-electron chi connectivity index (χ4n) is 3.23. The summed E-state index contributed by atoms with van der Waals surface area (Å²) in [5.74, 6) is 1.04. The van der Waals surface area contributed by atoms with E-state index in [9.17, 15) is 0 Å². The molecule has 23 heavy (non-hydrogen) atoms. The number of aryl methyl sites for hydroxylation is 1. The van der Waals surface area contributed by atoms with Gasteiger partial charge in [0.25, 0.3) is 0 Å². The van der Waals surface area contributed by atoms with Crippen LogP contribution in [0.25, 0.3) is 5.65 Å². The molecular formula is C18H21N5. The number of nitrogens with zero attached hydrogens (tertiary/aromatic N) is 5. The molecule has 1 aliphatic rings. The van der Waals surface area contributed by atoms with E-state index < -0.39 is 0 Å². The summed E-state index contributed by atoms with van der Waals surface area (Å²) in [6.45, 7) is 8.42. The summed E-state index contributed by atoms with van der Waals surface area (Å²) in [5, 5.41) is 4.20. The highest BCUT2D eigenvalue weighted by molar-refractivity contribution is 5.57. The zero-order valence-corrected chi connectivity index (χ0v) is 13.6. The van der Waals surface area contributed by atoms with E-state index in [2.05, 4.69) is 46.9 Å². The molecule has 0 amide bonds. The van der Waals surface area contributed by atoms with Gasteiger partial charge in [-0.05, 0) is 37.1 Å². The van der Waals surface area contributed by atoms with Crippen molar-refractivity contribution in [2.45, 2.75) is 13.8 Å². The Morgan fingerprint density at radius 2 is 1.70 bits per heavy atom. The van der Waals surface area contributed by atoms with Crippen LogP contribution in [-0.2, 0) is 0 Å². The summed E-state index contributed by atoms with van der Waals surface area (Å²) in [5.41, 5.74) is 5.01. The minimum absolute atomic E-state index is 0.902. The van der Waals surface area contributed by atoms with Crippen molar-refractivity contribution in [2.24, 2.45) is 0 Å². The van der Waals surface area contributed by atoms with E-state index in [1.165, 1.54) is 16.8 Å². The largest absolute Gasteiger partial charge is 0.368 e. The van der Waals surface area contributed by atoms with Crippen LogP contribution in [0.4, 0.5) is 11.5 Å². The first-order valence-corrected chi connectivity index (χ1v) is 8.09. The van der Waals surface area contributed by atoms with Gasteiger partial charge in [-0.3, -0.25) is 0 Å². The van der Waals surface area contributed by atoms with Crippen molar-refractivity contribution in [2.75, 3.05) is 36.0 Å². The highest BCUT2D eigenvalue weighted by Crippen LogP contribution is 2.25. The van der Waals surface area contributed by atoms with Gasteiger partial charge in [-0.25, -0.2) is 9.50 Å². The maximum absolute atomic E-state index is 4.70. The van der Waals surface area contributed by atoms with E-state index in [4.69, 9.17) is 4.98 Å². The Hall–Kier alpha value is -2.56. The first-order chi connectivity index (χ1) is 11.2. The van der Waals surface area contributed by atoms with E-state index in [1.807, 2.05) is 18.3 Å². The normalized spacial score (nSPS) is 15.4. The fourth-order valence-corrected chi connectivity index (χ4v) is 3.23. The van der Waals surface area contributed by atoms with Crippen LogP contribution in [-0.4, -0.2) is 40.8 Å². The second-order valence-corrected chi connectivity index (χ2v) is 6.11. The highest BCUT2D eigenvalue weighted by Gasteiger charge is 2.20. The molecule has 0 spiro atoms. The van der Waals surface area contributed by atoms with Gasteiger partial charge in [0.1, 0.15) is 5.82 Å². The Bertz CT molecular complexity index is 830. The molecule has 0 saturated carbocycles. The lowest BCUT2D eigenvalue weighted by molar-refractivity contribution is 0.645. The van der Waals surface area contributed by atoms with Crippen LogP contribution < -0.4 is 9.80 Å². The average Bonchev–Trinajstić information content (AvgIpc) is 3.05. The van der Waals surface area contributed by atoms with Crippen molar-refractivity contribution in [1.29, 1.82) is 0 Å². The van der Waals surface area contributed by atoms with E-state index >= 15 is 0 Å². The van der Waals surface area contributed by atoms with Crippen LogP contribution in [0.15, 0.2) is 42.7 Å². The third kappa shape index (κ3) is 2.52. The third-order valence-corrected chi connectivity index (χ3v) is 4.76. The number of anilines is 2. The maximum Gasteiger partial charge on any atom is 0.157 e. The van der Waals surface area contributed by atoms with Gasteiger partial charge in [0, 0.05) is 44.1 Å². The lowest BCUT2D eigenvalue weighted by Gasteiger charge is -2.37. The molecule has 5 nitrogen and oxygen atoms in total. The standard InChI is InChI=1S/C18H21N5/c1-14-4-3-5-16(15(14)2)21-10-12-22(13-11-21)17-7-9-23-18(20-17)6-8-19-23/h3-9H,10-13H2,1-2H3. The molecule has 0 radical (unpaired) electrons. The van der Waals surface area contributed by atoms with Crippen LogP contribution in [0.2, 0.25) is 0 Å². The molecule has 118 valence electrons. The molecular weight excluding hydrogens is 286 g/mol. The molecule has 3 heterocycles. The molecule has 1 fully saturated rings. The zero-order valence-electron chi connectivity index (χ0n) is 13.6. The lowest BCUT2D eigenvalue weighted by Crippen LogP contribution is -2.47. The van der Waals surface area contributed by atoms with Gasteiger partial charge >= 0.3 is 0 Å². The van der Waals surface area contributed by atoms with Crippen molar-refractivity contribution in [3.8, 4) is 0 Å². The SMILES string of the molecule is Cc1cccc(N2CCN(c3ccn4nccc4n3)CC2)c1C. The van der Waals surface area contributed by atoms with Gasteiger partial charge in [0.05, 0.1) is 6.20 Å². The van der Waals surface area contributed by atoms with Crippen molar-refractivity contribution >= 4 is 17.2 Å². The maximum atomic E-state index is 4.70. The zero-order chi connectivity index (χ0) is 15.8. The molecule has 0 unspecified atom stereocenters. The molecule has 2 aromatic heterocycles. The molecule has 1 aliphatic heterocycles. The first-order valence-electron chi connectivity index (χ1n) is 8.09. The molecule has 5 heteroatoms. The van der Waals surface area contributed by atoms with Crippen LogP contribution >= 0.6 is 0 Å². The second-order valence-electron chi connectivity index (χ2n) is 6.11. The van der Waals surface area contributed by atoms with Gasteiger partial charge in [-0.1, -0.05) is 12.1 Å². The van der Waals surface area contributed by atoms with Gasteiger partial charge < -0.3 is 9.80 Å². The minimum Gasteiger partial charge on any atom is -0.368 e. The van der Waals surface area contributed by atoms with E-state index in [1.54, 1.807) is 10.7 Å². The van der Waals surface area contributed by atoms with Crippen molar-refractivity contribution in [3.05, 3.63) is 53.9 Å². The van der Waals surface area contributed by atoms with Gasteiger partial charge in [-0.15, -0.1) is 0 Å². The van der Waals surface area contributed by atoms with Crippen LogP contribution in [0.1, 0.15) is 11.1 Å². The summed E-state index contributed by atoms with van der Waals surface area (Å²) in [4.78, 5) is 9.53. The Labute approximate surface area is 136 Å². The number of benzene rings is 1. The van der Waals surface area contributed by atoms with E-state index in [0.29, 0.717) is 0 Å². The first kappa shape index (κ1) is 14.1. The summed E-state index contributed by atoms with van der Waals surface area (Å²) >= 11 is 0. The molecule has 0 bridgehead atoms. The summed E-state index contributed by atoms with van der Waals surface area (Å²) in [6.07, 6.45) is 3.76. The second kappa shape index (κ2) is 5.57. The van der Waals surface area contributed by atoms with Crippen molar-refractivity contribution in [3.63, 3.8) is 0 Å². The fraction of sp³-hybridized carbons (Fsp3) is 0.333. The molecule has 1 saturated heterocycles. The molecule has 0 N–H and O–H groups in total. The Morgan fingerprint density at radius 1 is 0.913 bits per heavy atom. The minimum atomic E-state index is 0.902. The number of hydrogen-bond acceptors (Lipinski definition) is 4. The number of hydrogen-bond donors (Lipinski definition) is 0. The summed E-state index contributed by atoms with van der Waals surface area (Å²) in [6, 6.07) is 10.6. The lowest BCUT2D eigenvalue weighted by atomic mass is 10.1. The third-order valence-electron chi connectivity index (χ3n) is 4.76. The number of fused-ring (bicyclic) bond motifs is 1. The predicted octanol–water partition coefficient (Wildman–Crippen LogP) is 2.67. The quantitative estimate of drug-likeness (QED) is 0.729. The van der Waals surface area contributed by atoms with Gasteiger partial charge in [0.15, 0.2) is 5.65 Å². The Kier molecular flexibility index (Phi) is 3.41. The monoisotopic (exact) mass is 307 g/mol. The summed E-state index contributed by atoms with van der Waals surface area (Å²) in [7, 11) is 0. The van der Waals surface area contributed by atoms with Crippen LogP contribution in [0.5, 0.6) is 0 Å². The highest BCUT2D eigenvalue weighted by atomic mass is 15.3. The molecule has 1 aromatic carbocycles. The van der Waals surface area contributed by atoms with Gasteiger partial charge in [-0.2, -0.15) is 5.10 Å². The molecule has 3 aromatic rings. The number of aromatic nitrogens is 3. The topological polar surface area (TPSA) is 36.7 Å². The number of piperazine rings is 1.